The standard InChI is InChI=1S/C5H11N4O2P/c1-9(2,3)4-5(10)12(11)8-7-6/h4H2,1-3H3/p+1. The molecule has 0 aromatic heterocycles. The molecule has 0 aliphatic heterocycles. The summed E-state index contributed by atoms with van der Waals surface area (Å²) in [6.07, 6.45) is 0. The predicted octanol–water partition coefficient (Wildman–Crippen LogP) is 0.177. The first-order valence-corrected chi connectivity index (χ1v) is 4.45. The van der Waals surface area contributed by atoms with Gasteiger partial charge < -0.3 is 14.5 Å². The van der Waals surface area contributed by atoms with Crippen LogP contribution in [-0.4, -0.2) is 42.8 Å². The van der Waals surface area contributed by atoms with Gasteiger partial charge in [0.25, 0.3) is 5.48 Å². The lowest BCUT2D eigenvalue weighted by Gasteiger charge is -2.21. The Balaban J connectivity index is 4.47. The Hall–Kier alpha value is -0.640. The molecule has 0 saturated heterocycles. The predicted molar refractivity (Wildman–Crippen MR) is 45.9 cm³/mol. The molecule has 0 fully saturated rings. The largest absolute Gasteiger partial charge is 0.617 e. The van der Waals surface area contributed by atoms with E-state index in [1.54, 1.807) is 0 Å². The van der Waals surface area contributed by atoms with Gasteiger partial charge in [-0.25, -0.2) is 0 Å². The van der Waals surface area contributed by atoms with Gasteiger partial charge in [-0.15, -0.1) is 0 Å². The molecule has 0 heterocycles. The second-order valence-corrected chi connectivity index (χ2v) is 4.56. The zero-order chi connectivity index (χ0) is 9.78. The lowest BCUT2D eigenvalue weighted by molar-refractivity contribution is -0.861. The average Bonchev–Trinajstić information content (AvgIpc) is 1.84. The first-order valence-electron chi connectivity index (χ1n) is 3.24. The van der Waals surface area contributed by atoms with Crippen LogP contribution >= 0.6 is 7.92 Å². The van der Waals surface area contributed by atoms with E-state index < -0.39 is 7.92 Å². The molecular formula is C5H12N4O2P+. The van der Waals surface area contributed by atoms with Gasteiger partial charge in [0, 0.05) is 10.4 Å². The van der Waals surface area contributed by atoms with Crippen LogP contribution in [0.3, 0.4) is 0 Å². The Kier molecular flexibility index (Phi) is 4.17. The van der Waals surface area contributed by atoms with E-state index >= 15 is 0 Å². The normalized spacial score (nSPS) is 13.4. The summed E-state index contributed by atoms with van der Waals surface area (Å²) < 4.78 is 0.438. The number of likely N-dealkylation sites (N-methyl/N-ethyl adjacent to an activating group) is 1. The third-order valence-corrected chi connectivity index (χ3v) is 1.78. The van der Waals surface area contributed by atoms with Gasteiger partial charge in [0.2, 0.25) is 7.92 Å². The molecule has 0 radical (unpaired) electrons. The summed E-state index contributed by atoms with van der Waals surface area (Å²) in [4.78, 5) is 16.1. The highest BCUT2D eigenvalue weighted by Crippen LogP contribution is 2.15. The van der Waals surface area contributed by atoms with Crippen molar-refractivity contribution in [2.24, 2.45) is 4.88 Å². The summed E-state index contributed by atoms with van der Waals surface area (Å²) in [5, 5.41) is 9.14. The third kappa shape index (κ3) is 5.07. The van der Waals surface area contributed by atoms with E-state index in [0.29, 0.717) is 4.48 Å². The molecule has 0 aromatic rings. The monoisotopic (exact) mass is 191 g/mol. The van der Waals surface area contributed by atoms with E-state index in [9.17, 15) is 4.89 Å². The minimum Gasteiger partial charge on any atom is -0.617 e. The summed E-state index contributed by atoms with van der Waals surface area (Å²) in [5.74, 6) is 0. The summed E-state index contributed by atoms with van der Waals surface area (Å²) in [5.41, 5.74) is 7.66. The lowest BCUT2D eigenvalue weighted by atomic mass is 10.5. The smallest absolute Gasteiger partial charge is 0.289 e. The van der Waals surface area contributed by atoms with Gasteiger partial charge in [-0.05, 0) is 0 Å². The fourth-order valence-electron chi connectivity index (χ4n) is 0.573. The van der Waals surface area contributed by atoms with Crippen LogP contribution in [-0.2, 0) is 0 Å². The van der Waals surface area contributed by atoms with Crippen LogP contribution in [0.25, 0.3) is 10.4 Å². The number of hydrogen-bond acceptors (Lipinski definition) is 2. The van der Waals surface area contributed by atoms with Gasteiger partial charge in [0.15, 0.2) is 6.54 Å². The third-order valence-electron chi connectivity index (χ3n) is 0.958. The van der Waals surface area contributed by atoms with Crippen LogP contribution in [0.15, 0.2) is 4.88 Å². The van der Waals surface area contributed by atoms with Crippen molar-refractivity contribution < 1.29 is 14.5 Å². The van der Waals surface area contributed by atoms with Crippen LogP contribution in [0, 0.1) is 0 Å². The van der Waals surface area contributed by atoms with E-state index in [2.05, 4.69) is 9.80 Å². The minimum atomic E-state index is -2.29. The highest BCUT2D eigenvalue weighted by molar-refractivity contribution is 7.49. The minimum absolute atomic E-state index is 0.216. The van der Waals surface area contributed by atoms with Crippen LogP contribution in [0.5, 0.6) is 0 Å². The molecule has 0 saturated carbocycles. The van der Waals surface area contributed by atoms with Gasteiger partial charge in [-0.2, -0.15) is 0 Å². The topological polar surface area (TPSA) is 92.0 Å². The molecule has 0 aliphatic carbocycles. The Morgan fingerprint density at radius 2 is 2.17 bits per heavy atom. The highest BCUT2D eigenvalue weighted by atomic mass is 31.1. The lowest BCUT2D eigenvalue weighted by Crippen LogP contribution is -2.39. The van der Waals surface area contributed by atoms with Crippen LogP contribution in [0.1, 0.15) is 0 Å². The fraction of sp³-hybridized carbons (Fsp3) is 0.800. The molecule has 0 rings (SSSR count). The van der Waals surface area contributed by atoms with Crippen LogP contribution < -0.4 is 4.89 Å². The zero-order valence-electron chi connectivity index (χ0n) is 7.30. The molecule has 0 aliphatic rings. The van der Waals surface area contributed by atoms with Crippen molar-refractivity contribution in [2.75, 3.05) is 27.7 Å². The number of nitrogens with zero attached hydrogens (tertiary/aromatic N) is 4. The average molecular weight is 191 g/mol. The number of rotatable bonds is 3. The van der Waals surface area contributed by atoms with Crippen molar-refractivity contribution in [3.8, 4) is 0 Å². The van der Waals surface area contributed by atoms with Crippen molar-refractivity contribution in [3.63, 3.8) is 0 Å². The van der Waals surface area contributed by atoms with Gasteiger partial charge in [-0.3, -0.25) is 0 Å². The number of quaternary nitrogens is 1. The van der Waals surface area contributed by atoms with Gasteiger partial charge >= 0.3 is 0 Å². The molecule has 0 spiro atoms. The Morgan fingerprint density at radius 1 is 1.67 bits per heavy atom. The van der Waals surface area contributed by atoms with Crippen LogP contribution in [0.2, 0.25) is 0 Å². The van der Waals surface area contributed by atoms with Crippen LogP contribution in [0.4, 0.5) is 0 Å². The molecule has 6 nitrogen and oxygen atoms in total. The van der Waals surface area contributed by atoms with Crippen molar-refractivity contribution in [1.82, 2.24) is 0 Å². The molecule has 1 N–H and O–H groups in total. The maximum absolute atomic E-state index is 10.9. The maximum atomic E-state index is 10.9. The quantitative estimate of drug-likeness (QED) is 0.226. The molecule has 1 atom stereocenters. The number of aliphatic hydroxyl groups excluding tert-OH is 1. The van der Waals surface area contributed by atoms with E-state index in [0.717, 1.165) is 0 Å². The van der Waals surface area contributed by atoms with Gasteiger partial charge in [0.05, 0.1) is 21.1 Å². The van der Waals surface area contributed by atoms with Gasteiger partial charge in [-0.1, -0.05) is 0 Å². The molecule has 68 valence electrons. The van der Waals surface area contributed by atoms with E-state index in [-0.39, 0.29) is 12.0 Å². The molecule has 1 unspecified atom stereocenters. The van der Waals surface area contributed by atoms with E-state index in [4.69, 9.17) is 10.6 Å². The van der Waals surface area contributed by atoms with Crippen molar-refractivity contribution in [3.05, 3.63) is 10.4 Å². The Labute approximate surface area is 71.8 Å². The maximum Gasteiger partial charge on any atom is 0.289 e. The zero-order valence-corrected chi connectivity index (χ0v) is 8.19. The summed E-state index contributed by atoms with van der Waals surface area (Å²) >= 11 is 0. The summed E-state index contributed by atoms with van der Waals surface area (Å²) in [6, 6.07) is 0. The molecule has 0 amide bonds. The Morgan fingerprint density at radius 3 is 2.50 bits per heavy atom. The van der Waals surface area contributed by atoms with Gasteiger partial charge in [0.1, 0.15) is 4.88 Å². The summed E-state index contributed by atoms with van der Waals surface area (Å²) in [7, 11) is 3.20. The fourth-order valence-corrected chi connectivity index (χ4v) is 1.29. The first kappa shape index (κ1) is 11.4. The van der Waals surface area contributed by atoms with E-state index in [1.807, 2.05) is 21.1 Å². The molecular weight excluding hydrogens is 179 g/mol. The molecule has 0 bridgehead atoms. The second kappa shape index (κ2) is 4.40. The Bertz CT molecular complexity index is 238. The summed E-state index contributed by atoms with van der Waals surface area (Å²) in [6.45, 7) is 0.216. The number of hydrogen-bond donors (Lipinski definition) is 1. The number of azide groups is 1. The van der Waals surface area contributed by atoms with Crippen molar-refractivity contribution in [1.29, 1.82) is 0 Å². The second-order valence-electron chi connectivity index (χ2n) is 3.32. The first-order chi connectivity index (χ1) is 5.37. The molecule has 12 heavy (non-hydrogen) atoms. The van der Waals surface area contributed by atoms with Crippen molar-refractivity contribution >= 4 is 13.4 Å². The molecule has 0 aromatic carbocycles. The van der Waals surface area contributed by atoms with E-state index in [1.165, 1.54) is 0 Å². The SMILES string of the molecule is C[N+](C)(C)C/C(O)=[P+](\[O-])N=[N+]=[N-]. The molecule has 7 heteroatoms. The number of aliphatic hydroxyl groups is 1. The highest BCUT2D eigenvalue weighted by Gasteiger charge is 2.16. The van der Waals surface area contributed by atoms with Crippen molar-refractivity contribution in [2.45, 2.75) is 0 Å².